The first-order chi connectivity index (χ1) is 8.11. The number of hydrogen-bond donors (Lipinski definition) is 1. The molecule has 0 saturated carbocycles. The molecule has 2 N–H and O–H groups in total. The van der Waals surface area contributed by atoms with Crippen molar-refractivity contribution in [3.8, 4) is 6.07 Å². The van der Waals surface area contributed by atoms with Crippen LogP contribution in [0.1, 0.15) is 11.4 Å². The summed E-state index contributed by atoms with van der Waals surface area (Å²) in [5.41, 5.74) is 6.49. The van der Waals surface area contributed by atoms with Crippen molar-refractivity contribution in [3.63, 3.8) is 0 Å². The molecule has 0 fully saturated rings. The first-order valence-corrected chi connectivity index (χ1v) is 5.63. The maximum Gasteiger partial charge on any atom is 0.197 e. The van der Waals surface area contributed by atoms with Crippen molar-refractivity contribution >= 4 is 17.4 Å². The number of nitrogens with zero attached hydrogens (tertiary/aromatic N) is 5. The number of nitrogen functional groups attached to an aromatic ring is 1. The predicted molar refractivity (Wildman–Crippen MR) is 63.2 cm³/mol. The molecule has 0 unspecified atom stereocenters. The van der Waals surface area contributed by atoms with E-state index < -0.39 is 0 Å². The van der Waals surface area contributed by atoms with E-state index in [1.807, 2.05) is 18.5 Å². The van der Waals surface area contributed by atoms with E-state index in [0.29, 0.717) is 21.4 Å². The van der Waals surface area contributed by atoms with Crippen LogP contribution < -0.4 is 5.73 Å². The lowest BCUT2D eigenvalue weighted by atomic mass is 10.3. The van der Waals surface area contributed by atoms with Crippen LogP contribution in [0.15, 0.2) is 22.4 Å². The summed E-state index contributed by atoms with van der Waals surface area (Å²) in [6, 6.07) is 3.66. The van der Waals surface area contributed by atoms with Gasteiger partial charge in [0.1, 0.15) is 16.9 Å². The van der Waals surface area contributed by atoms with Crippen LogP contribution in [0.5, 0.6) is 0 Å². The van der Waals surface area contributed by atoms with E-state index in [1.165, 1.54) is 18.0 Å². The Labute approximate surface area is 102 Å². The van der Waals surface area contributed by atoms with Gasteiger partial charge in [-0.25, -0.2) is 4.98 Å². The van der Waals surface area contributed by atoms with Crippen molar-refractivity contribution in [2.45, 2.75) is 17.1 Å². The Bertz CT molecular complexity index is 597. The molecule has 0 aromatic carbocycles. The number of nitriles is 1. The van der Waals surface area contributed by atoms with Crippen LogP contribution in [0.3, 0.4) is 0 Å². The molecule has 0 aliphatic rings. The van der Waals surface area contributed by atoms with Crippen molar-refractivity contribution in [3.05, 3.63) is 23.7 Å². The smallest absolute Gasteiger partial charge is 0.197 e. The first kappa shape index (κ1) is 11.4. The lowest BCUT2D eigenvalue weighted by molar-refractivity contribution is 0.764. The van der Waals surface area contributed by atoms with Crippen molar-refractivity contribution in [1.29, 1.82) is 5.26 Å². The van der Waals surface area contributed by atoms with E-state index in [4.69, 9.17) is 11.0 Å². The molecule has 2 aromatic heterocycles. The number of aryl methyl sites for hydroxylation is 1. The molecule has 0 atom stereocenters. The molecule has 2 rings (SSSR count). The lowest BCUT2D eigenvalue weighted by Crippen LogP contribution is -1.96. The average Bonchev–Trinajstić information content (AvgIpc) is 2.63. The number of rotatable bonds is 2. The molecule has 2 heterocycles. The zero-order valence-corrected chi connectivity index (χ0v) is 10.2. The zero-order chi connectivity index (χ0) is 12.4. The van der Waals surface area contributed by atoms with Gasteiger partial charge in [-0.15, -0.1) is 10.2 Å². The third kappa shape index (κ3) is 2.21. The van der Waals surface area contributed by atoms with E-state index in [1.54, 1.807) is 6.07 Å². The molecular formula is C10H10N6S. The highest BCUT2D eigenvalue weighted by Gasteiger charge is 2.11. The summed E-state index contributed by atoms with van der Waals surface area (Å²) in [6.45, 7) is 1.86. The van der Waals surface area contributed by atoms with Crippen LogP contribution in [0, 0.1) is 18.3 Å². The van der Waals surface area contributed by atoms with Gasteiger partial charge in [-0.2, -0.15) is 5.26 Å². The summed E-state index contributed by atoms with van der Waals surface area (Å²) in [6.07, 6.45) is 1.52. The Kier molecular flexibility index (Phi) is 2.97. The molecule has 0 saturated heterocycles. The maximum absolute atomic E-state index is 8.99. The summed E-state index contributed by atoms with van der Waals surface area (Å²) in [5.74, 6) is 0.807. The van der Waals surface area contributed by atoms with Gasteiger partial charge in [-0.1, -0.05) is 0 Å². The number of pyridine rings is 1. The van der Waals surface area contributed by atoms with Crippen molar-refractivity contribution in [2.24, 2.45) is 7.05 Å². The highest BCUT2D eigenvalue weighted by Crippen LogP contribution is 2.27. The summed E-state index contributed by atoms with van der Waals surface area (Å²) in [5, 5.41) is 18.2. The third-order valence-corrected chi connectivity index (χ3v) is 3.29. The quantitative estimate of drug-likeness (QED) is 0.853. The first-order valence-electron chi connectivity index (χ1n) is 4.81. The van der Waals surface area contributed by atoms with Gasteiger partial charge >= 0.3 is 0 Å². The monoisotopic (exact) mass is 246 g/mol. The van der Waals surface area contributed by atoms with E-state index >= 15 is 0 Å². The van der Waals surface area contributed by atoms with E-state index in [0.717, 1.165) is 5.82 Å². The Hall–Kier alpha value is -2.07. The van der Waals surface area contributed by atoms with Gasteiger partial charge in [-0.3, -0.25) is 0 Å². The molecule has 86 valence electrons. The fraction of sp³-hybridized carbons (Fsp3) is 0.200. The van der Waals surface area contributed by atoms with E-state index in [2.05, 4.69) is 21.3 Å². The Morgan fingerprint density at radius 3 is 2.82 bits per heavy atom. The fourth-order valence-corrected chi connectivity index (χ4v) is 2.04. The SMILES string of the molecule is Cc1nnc(Sc2ncc(N)cc2C#N)n1C. The molecule has 7 heteroatoms. The summed E-state index contributed by atoms with van der Waals surface area (Å²) < 4.78 is 1.84. The average molecular weight is 246 g/mol. The standard InChI is InChI=1S/C10H10N6S/c1-6-14-15-10(16(6)2)17-9-7(4-11)3-8(12)5-13-9/h3,5H,12H2,1-2H3. The Morgan fingerprint density at radius 2 is 2.24 bits per heavy atom. The third-order valence-electron chi connectivity index (χ3n) is 2.23. The normalized spacial score (nSPS) is 10.2. The van der Waals surface area contributed by atoms with Crippen LogP contribution >= 0.6 is 11.8 Å². The molecule has 2 aromatic rings. The number of aromatic nitrogens is 4. The molecule has 0 bridgehead atoms. The second kappa shape index (κ2) is 4.43. The topological polar surface area (TPSA) is 93.4 Å². The molecule has 0 aliphatic carbocycles. The van der Waals surface area contributed by atoms with Gasteiger partial charge < -0.3 is 10.3 Å². The van der Waals surface area contributed by atoms with Crippen LogP contribution in [-0.2, 0) is 7.05 Å². The predicted octanol–water partition coefficient (Wildman–Crippen LogP) is 1.12. The van der Waals surface area contributed by atoms with Crippen molar-refractivity contribution in [2.75, 3.05) is 5.73 Å². The molecule has 0 spiro atoms. The van der Waals surface area contributed by atoms with Crippen LogP contribution in [-0.4, -0.2) is 19.7 Å². The van der Waals surface area contributed by atoms with E-state index in [-0.39, 0.29) is 0 Å². The van der Waals surface area contributed by atoms with Gasteiger partial charge in [0.05, 0.1) is 17.4 Å². The maximum atomic E-state index is 8.99. The Morgan fingerprint density at radius 1 is 1.47 bits per heavy atom. The second-order valence-corrected chi connectivity index (χ2v) is 4.38. The lowest BCUT2D eigenvalue weighted by Gasteiger charge is -2.03. The van der Waals surface area contributed by atoms with Gasteiger partial charge in [0.15, 0.2) is 5.16 Å². The van der Waals surface area contributed by atoms with Gasteiger partial charge in [0.25, 0.3) is 0 Å². The fourth-order valence-electron chi connectivity index (χ4n) is 1.19. The van der Waals surface area contributed by atoms with Gasteiger partial charge in [0.2, 0.25) is 0 Å². The summed E-state index contributed by atoms with van der Waals surface area (Å²) in [4.78, 5) is 4.13. The van der Waals surface area contributed by atoms with Crippen LogP contribution in [0.25, 0.3) is 0 Å². The minimum atomic E-state index is 0.440. The molecule has 6 nitrogen and oxygen atoms in total. The summed E-state index contributed by atoms with van der Waals surface area (Å²) >= 11 is 1.30. The minimum absolute atomic E-state index is 0.440. The van der Waals surface area contributed by atoms with E-state index in [9.17, 15) is 0 Å². The molecule has 17 heavy (non-hydrogen) atoms. The Balaban J connectivity index is 2.37. The van der Waals surface area contributed by atoms with Gasteiger partial charge in [0, 0.05) is 7.05 Å². The van der Waals surface area contributed by atoms with Gasteiger partial charge in [-0.05, 0) is 24.8 Å². The number of hydrogen-bond acceptors (Lipinski definition) is 6. The summed E-state index contributed by atoms with van der Waals surface area (Å²) in [7, 11) is 1.86. The van der Waals surface area contributed by atoms with Crippen LogP contribution in [0.4, 0.5) is 5.69 Å². The van der Waals surface area contributed by atoms with Crippen molar-refractivity contribution < 1.29 is 0 Å². The second-order valence-electron chi connectivity index (χ2n) is 3.42. The minimum Gasteiger partial charge on any atom is -0.397 e. The highest BCUT2D eigenvalue weighted by atomic mass is 32.2. The van der Waals surface area contributed by atoms with Crippen molar-refractivity contribution in [1.82, 2.24) is 19.7 Å². The molecular weight excluding hydrogens is 236 g/mol. The molecule has 0 aliphatic heterocycles. The highest BCUT2D eigenvalue weighted by molar-refractivity contribution is 7.99. The zero-order valence-electron chi connectivity index (χ0n) is 9.38. The van der Waals surface area contributed by atoms with Crippen LogP contribution in [0.2, 0.25) is 0 Å². The molecule has 0 amide bonds. The largest absolute Gasteiger partial charge is 0.397 e. The molecule has 0 radical (unpaired) electrons. The number of anilines is 1. The number of nitrogens with two attached hydrogens (primary N) is 1.